The van der Waals surface area contributed by atoms with Gasteiger partial charge in [0.1, 0.15) is 0 Å². The molecule has 20 heavy (non-hydrogen) atoms. The summed E-state index contributed by atoms with van der Waals surface area (Å²) in [5.41, 5.74) is -0.0941. The Balaban J connectivity index is 1.96. The number of piperidine rings is 1. The predicted molar refractivity (Wildman–Crippen MR) is 81.9 cm³/mol. The lowest BCUT2D eigenvalue weighted by molar-refractivity contribution is 0.0441. The third-order valence-electron chi connectivity index (χ3n) is 4.73. The maximum Gasteiger partial charge on any atom is 0.0628 e. The molecule has 1 aliphatic heterocycles. The summed E-state index contributed by atoms with van der Waals surface area (Å²) < 4.78 is 5.32. The molecule has 2 atom stereocenters. The van der Waals surface area contributed by atoms with Crippen molar-refractivity contribution >= 4 is 0 Å². The Labute approximate surface area is 123 Å². The Hall–Kier alpha value is -0.160. The lowest BCUT2D eigenvalue weighted by Gasteiger charge is -2.42. The monoisotopic (exact) mass is 284 g/mol. The van der Waals surface area contributed by atoms with E-state index in [1.54, 1.807) is 7.11 Å². The molecule has 0 aromatic carbocycles. The fourth-order valence-electron chi connectivity index (χ4n) is 3.79. The zero-order chi connectivity index (χ0) is 14.6. The van der Waals surface area contributed by atoms with Crippen molar-refractivity contribution in [2.24, 2.45) is 11.8 Å². The molecule has 2 unspecified atom stereocenters. The molecule has 0 aromatic heterocycles. The van der Waals surface area contributed by atoms with E-state index in [0.29, 0.717) is 17.9 Å². The predicted octanol–water partition coefficient (Wildman–Crippen LogP) is 1.48. The second-order valence-electron chi connectivity index (χ2n) is 7.09. The highest BCUT2D eigenvalue weighted by Crippen LogP contribution is 2.40. The molecule has 4 heteroatoms. The fraction of sp³-hybridized carbons (Fsp3) is 1.00. The highest BCUT2D eigenvalue weighted by atomic mass is 16.5. The van der Waals surface area contributed by atoms with Gasteiger partial charge in [0.05, 0.1) is 18.8 Å². The summed E-state index contributed by atoms with van der Waals surface area (Å²) in [5.74, 6) is 1.31. The van der Waals surface area contributed by atoms with E-state index in [2.05, 4.69) is 24.1 Å². The zero-order valence-electron chi connectivity index (χ0n) is 13.4. The van der Waals surface area contributed by atoms with Gasteiger partial charge in [0, 0.05) is 26.2 Å². The average Bonchev–Trinajstić information content (AvgIpc) is 3.23. The third-order valence-corrected chi connectivity index (χ3v) is 4.73. The normalized spacial score (nSPS) is 27.8. The number of aliphatic hydroxyl groups excluding tert-OH is 1. The average molecular weight is 284 g/mol. The molecular formula is C16H32N2O2. The third kappa shape index (κ3) is 4.17. The highest BCUT2D eigenvalue weighted by Gasteiger charge is 2.46. The second-order valence-corrected chi connectivity index (χ2v) is 7.09. The molecule has 0 spiro atoms. The van der Waals surface area contributed by atoms with E-state index in [-0.39, 0.29) is 12.1 Å². The van der Waals surface area contributed by atoms with Crippen LogP contribution in [0, 0.1) is 11.8 Å². The fourth-order valence-corrected chi connectivity index (χ4v) is 3.79. The molecule has 2 rings (SSSR count). The van der Waals surface area contributed by atoms with Crippen LogP contribution in [0.5, 0.6) is 0 Å². The van der Waals surface area contributed by atoms with Gasteiger partial charge in [-0.3, -0.25) is 0 Å². The molecule has 4 nitrogen and oxygen atoms in total. The Morgan fingerprint density at radius 3 is 2.65 bits per heavy atom. The van der Waals surface area contributed by atoms with Crippen molar-refractivity contribution in [3.8, 4) is 0 Å². The Bertz CT molecular complexity index is 292. The molecule has 0 amide bonds. The number of hydrogen-bond acceptors (Lipinski definition) is 4. The van der Waals surface area contributed by atoms with Crippen molar-refractivity contribution in [2.45, 2.75) is 51.1 Å². The number of aliphatic hydroxyl groups is 1. The quantitative estimate of drug-likeness (QED) is 0.709. The molecule has 118 valence electrons. The van der Waals surface area contributed by atoms with Crippen LogP contribution in [-0.4, -0.2) is 61.5 Å². The largest absolute Gasteiger partial charge is 0.394 e. The molecule has 0 radical (unpaired) electrons. The van der Waals surface area contributed by atoms with Crippen molar-refractivity contribution in [3.05, 3.63) is 0 Å². The first-order chi connectivity index (χ1) is 9.59. The number of ether oxygens (including phenoxy) is 1. The minimum absolute atomic E-state index is 0.0941. The van der Waals surface area contributed by atoms with E-state index < -0.39 is 0 Å². The molecule has 1 saturated heterocycles. The lowest BCUT2D eigenvalue weighted by atomic mass is 9.90. The highest BCUT2D eigenvalue weighted by molar-refractivity contribution is 5.04. The maximum atomic E-state index is 10.0. The molecular weight excluding hydrogens is 252 g/mol. The van der Waals surface area contributed by atoms with Crippen LogP contribution in [0.1, 0.15) is 39.5 Å². The Kier molecular flexibility index (Phi) is 5.84. The van der Waals surface area contributed by atoms with Crippen molar-refractivity contribution in [2.75, 3.05) is 40.0 Å². The summed E-state index contributed by atoms with van der Waals surface area (Å²) in [7, 11) is 1.79. The first kappa shape index (κ1) is 16.2. The van der Waals surface area contributed by atoms with E-state index in [1.807, 2.05) is 0 Å². The van der Waals surface area contributed by atoms with Crippen LogP contribution < -0.4 is 5.32 Å². The van der Waals surface area contributed by atoms with Crippen molar-refractivity contribution in [3.63, 3.8) is 0 Å². The number of nitrogens with one attached hydrogen (secondary N) is 1. The minimum Gasteiger partial charge on any atom is -0.394 e. The summed E-state index contributed by atoms with van der Waals surface area (Å²) in [5, 5.41) is 13.7. The topological polar surface area (TPSA) is 44.7 Å². The van der Waals surface area contributed by atoms with Gasteiger partial charge in [-0.1, -0.05) is 13.8 Å². The lowest BCUT2D eigenvalue weighted by Crippen LogP contribution is -2.61. The van der Waals surface area contributed by atoms with Gasteiger partial charge in [-0.2, -0.15) is 0 Å². The first-order valence-electron chi connectivity index (χ1n) is 8.19. The van der Waals surface area contributed by atoms with E-state index in [1.165, 1.54) is 25.7 Å². The van der Waals surface area contributed by atoms with Crippen molar-refractivity contribution in [1.82, 2.24) is 10.2 Å². The van der Waals surface area contributed by atoms with Crippen LogP contribution in [0.4, 0.5) is 0 Å². The summed E-state index contributed by atoms with van der Waals surface area (Å²) >= 11 is 0. The van der Waals surface area contributed by atoms with E-state index in [4.69, 9.17) is 4.74 Å². The second kappa shape index (κ2) is 7.21. The summed E-state index contributed by atoms with van der Waals surface area (Å²) in [6.45, 7) is 8.72. The SMILES string of the molecule is COCC1CCCN(CC(CO)(NC(C)C)C2CC2)C1. The molecule has 1 saturated carbocycles. The van der Waals surface area contributed by atoms with Crippen LogP contribution in [0.3, 0.4) is 0 Å². The number of rotatable bonds is 8. The van der Waals surface area contributed by atoms with Crippen molar-refractivity contribution in [1.29, 1.82) is 0 Å². The summed E-state index contributed by atoms with van der Waals surface area (Å²) in [6, 6.07) is 0.419. The maximum absolute atomic E-state index is 10.0. The van der Waals surface area contributed by atoms with Crippen LogP contribution in [0.15, 0.2) is 0 Å². The van der Waals surface area contributed by atoms with Gasteiger partial charge < -0.3 is 20.1 Å². The van der Waals surface area contributed by atoms with Crippen molar-refractivity contribution < 1.29 is 9.84 Å². The van der Waals surface area contributed by atoms with Crippen LogP contribution in [0.2, 0.25) is 0 Å². The van der Waals surface area contributed by atoms with Gasteiger partial charge in [0.2, 0.25) is 0 Å². The van der Waals surface area contributed by atoms with E-state index in [0.717, 1.165) is 26.2 Å². The standard InChI is InChI=1S/C16H32N2O2/c1-13(2)17-16(12-19,15-6-7-15)11-18-8-4-5-14(9-18)10-20-3/h13-15,17,19H,4-12H2,1-3H3. The molecule has 2 N–H and O–H groups in total. The molecule has 1 heterocycles. The molecule has 0 aromatic rings. The summed E-state index contributed by atoms with van der Waals surface area (Å²) in [6.07, 6.45) is 5.05. The van der Waals surface area contributed by atoms with Crippen LogP contribution >= 0.6 is 0 Å². The first-order valence-corrected chi connectivity index (χ1v) is 8.19. The van der Waals surface area contributed by atoms with Gasteiger partial charge in [0.25, 0.3) is 0 Å². The van der Waals surface area contributed by atoms with E-state index in [9.17, 15) is 5.11 Å². The van der Waals surface area contributed by atoms with Gasteiger partial charge in [-0.15, -0.1) is 0 Å². The van der Waals surface area contributed by atoms with Crippen LogP contribution in [-0.2, 0) is 4.74 Å². The van der Waals surface area contributed by atoms with Gasteiger partial charge in [-0.25, -0.2) is 0 Å². The summed E-state index contributed by atoms with van der Waals surface area (Å²) in [4.78, 5) is 2.54. The molecule has 0 bridgehead atoms. The molecule has 1 aliphatic carbocycles. The number of likely N-dealkylation sites (tertiary alicyclic amines) is 1. The number of methoxy groups -OCH3 is 1. The van der Waals surface area contributed by atoms with Gasteiger partial charge >= 0.3 is 0 Å². The Morgan fingerprint density at radius 1 is 1.35 bits per heavy atom. The van der Waals surface area contributed by atoms with Crippen LogP contribution in [0.25, 0.3) is 0 Å². The Morgan fingerprint density at radius 2 is 2.10 bits per heavy atom. The van der Waals surface area contributed by atoms with E-state index >= 15 is 0 Å². The zero-order valence-corrected chi connectivity index (χ0v) is 13.4. The minimum atomic E-state index is -0.0941. The molecule has 2 aliphatic rings. The number of hydrogen-bond donors (Lipinski definition) is 2. The van der Waals surface area contributed by atoms with Gasteiger partial charge in [-0.05, 0) is 44.1 Å². The molecule has 2 fully saturated rings. The smallest absolute Gasteiger partial charge is 0.0628 e. The van der Waals surface area contributed by atoms with Gasteiger partial charge in [0.15, 0.2) is 0 Å². The number of nitrogens with zero attached hydrogens (tertiary/aromatic N) is 1.